The van der Waals surface area contributed by atoms with Crippen molar-refractivity contribution in [2.75, 3.05) is 17.3 Å². The van der Waals surface area contributed by atoms with Crippen molar-refractivity contribution < 1.29 is 13.9 Å². The number of nitrogens with zero attached hydrogens (tertiary/aromatic N) is 3. The average Bonchev–Trinajstić information content (AvgIpc) is 3.02. The maximum Gasteiger partial charge on any atom is 0.329 e. The Morgan fingerprint density at radius 3 is 2.88 bits per heavy atom. The van der Waals surface area contributed by atoms with Crippen LogP contribution in [0.3, 0.4) is 0 Å². The van der Waals surface area contributed by atoms with Crippen LogP contribution in [-0.4, -0.2) is 23.0 Å². The van der Waals surface area contributed by atoms with E-state index in [9.17, 15) is 9.18 Å². The Morgan fingerprint density at radius 2 is 2.12 bits per heavy atom. The van der Waals surface area contributed by atoms with Gasteiger partial charge in [0.2, 0.25) is 5.06 Å². The highest BCUT2D eigenvalue weighted by Crippen LogP contribution is 2.30. The number of benzene rings is 1. The lowest BCUT2D eigenvalue weighted by Crippen LogP contribution is -2.31. The molecular weight excluding hydrogens is 331 g/mol. The fourth-order valence-corrected chi connectivity index (χ4v) is 2.52. The molecule has 0 bridgehead atoms. The lowest BCUT2D eigenvalue weighted by atomic mass is 10.3. The van der Waals surface area contributed by atoms with E-state index in [0.29, 0.717) is 21.8 Å². The largest absolute Gasteiger partial charge is 0.445 e. The molecule has 2 amide bonds. The summed E-state index contributed by atoms with van der Waals surface area (Å²) in [6, 6.07) is 10.7. The third-order valence-corrected chi connectivity index (χ3v) is 3.80. The van der Waals surface area contributed by atoms with Crippen LogP contribution in [0.4, 0.5) is 20.1 Å². The Morgan fingerprint density at radius 1 is 1.25 bits per heavy atom. The number of thiazole rings is 1. The molecule has 0 aliphatic rings. The average molecular weight is 344 g/mol. The van der Waals surface area contributed by atoms with E-state index in [0.717, 1.165) is 11.3 Å². The van der Waals surface area contributed by atoms with Crippen LogP contribution in [0.25, 0.3) is 0 Å². The second-order valence-electron chi connectivity index (χ2n) is 4.72. The number of halogens is 1. The van der Waals surface area contributed by atoms with Crippen LogP contribution in [-0.2, 0) is 0 Å². The summed E-state index contributed by atoms with van der Waals surface area (Å²) in [5, 5.41) is 3.47. The summed E-state index contributed by atoms with van der Waals surface area (Å²) in [6.45, 7) is 0. The van der Waals surface area contributed by atoms with Crippen molar-refractivity contribution in [3.05, 3.63) is 60.7 Å². The second-order valence-corrected chi connectivity index (χ2v) is 5.71. The van der Waals surface area contributed by atoms with E-state index in [-0.39, 0.29) is 11.8 Å². The van der Waals surface area contributed by atoms with E-state index in [1.54, 1.807) is 43.6 Å². The quantitative estimate of drug-likeness (QED) is 0.772. The van der Waals surface area contributed by atoms with Gasteiger partial charge in [0.15, 0.2) is 5.13 Å². The van der Waals surface area contributed by atoms with Crippen molar-refractivity contribution >= 4 is 28.3 Å². The molecule has 122 valence electrons. The minimum atomic E-state index is -0.387. The third-order valence-electron chi connectivity index (χ3n) is 3.01. The molecule has 3 aromatic rings. The van der Waals surface area contributed by atoms with Gasteiger partial charge in [0.25, 0.3) is 0 Å². The number of amides is 2. The molecule has 2 heterocycles. The summed E-state index contributed by atoms with van der Waals surface area (Å²) >= 11 is 1.14. The zero-order chi connectivity index (χ0) is 16.9. The van der Waals surface area contributed by atoms with Crippen molar-refractivity contribution in [3.63, 3.8) is 0 Å². The molecule has 8 heteroatoms. The molecule has 0 saturated carbocycles. The number of aromatic nitrogens is 2. The van der Waals surface area contributed by atoms with Crippen molar-refractivity contribution in [2.45, 2.75) is 0 Å². The van der Waals surface area contributed by atoms with Crippen LogP contribution >= 0.6 is 11.3 Å². The second kappa shape index (κ2) is 7.05. The highest BCUT2D eigenvalue weighted by atomic mass is 32.1. The van der Waals surface area contributed by atoms with Gasteiger partial charge in [-0.1, -0.05) is 23.5 Å². The number of nitrogens with one attached hydrogen (secondary N) is 1. The van der Waals surface area contributed by atoms with E-state index in [1.807, 2.05) is 0 Å². The SMILES string of the molecule is CN(C(=O)Nc1ncc(Oc2cccc(F)c2)s1)c1ccccn1. The number of pyridine rings is 1. The van der Waals surface area contributed by atoms with Gasteiger partial charge in [-0.05, 0) is 24.3 Å². The van der Waals surface area contributed by atoms with E-state index in [4.69, 9.17) is 4.74 Å². The van der Waals surface area contributed by atoms with E-state index < -0.39 is 0 Å². The molecule has 0 aliphatic heterocycles. The van der Waals surface area contributed by atoms with Crippen LogP contribution in [0.15, 0.2) is 54.9 Å². The topological polar surface area (TPSA) is 67.4 Å². The van der Waals surface area contributed by atoms with Crippen LogP contribution in [0.2, 0.25) is 0 Å². The number of urea groups is 1. The van der Waals surface area contributed by atoms with Crippen molar-refractivity contribution in [2.24, 2.45) is 0 Å². The number of rotatable bonds is 4. The summed E-state index contributed by atoms with van der Waals surface area (Å²) in [5.74, 6) is 0.493. The molecule has 1 N–H and O–H groups in total. The highest BCUT2D eigenvalue weighted by Gasteiger charge is 2.14. The summed E-state index contributed by atoms with van der Waals surface area (Å²) in [5.41, 5.74) is 0. The van der Waals surface area contributed by atoms with E-state index in [1.165, 1.54) is 23.2 Å². The van der Waals surface area contributed by atoms with Gasteiger partial charge in [0, 0.05) is 19.3 Å². The first-order chi connectivity index (χ1) is 11.6. The normalized spacial score (nSPS) is 10.2. The Kier molecular flexibility index (Phi) is 4.66. The van der Waals surface area contributed by atoms with Crippen molar-refractivity contribution in [3.8, 4) is 10.8 Å². The van der Waals surface area contributed by atoms with E-state index in [2.05, 4.69) is 15.3 Å². The van der Waals surface area contributed by atoms with Crippen molar-refractivity contribution in [1.29, 1.82) is 0 Å². The van der Waals surface area contributed by atoms with Crippen LogP contribution in [0.5, 0.6) is 10.8 Å². The molecule has 0 spiro atoms. The monoisotopic (exact) mass is 344 g/mol. The molecule has 0 saturated heterocycles. The lowest BCUT2D eigenvalue weighted by molar-refractivity contribution is 0.258. The molecule has 0 aliphatic carbocycles. The molecule has 0 radical (unpaired) electrons. The van der Waals surface area contributed by atoms with Gasteiger partial charge >= 0.3 is 6.03 Å². The minimum Gasteiger partial charge on any atom is -0.445 e. The van der Waals surface area contributed by atoms with Crippen LogP contribution in [0.1, 0.15) is 0 Å². The number of hydrogen-bond acceptors (Lipinski definition) is 5. The highest BCUT2D eigenvalue weighted by molar-refractivity contribution is 7.17. The maximum absolute atomic E-state index is 13.1. The lowest BCUT2D eigenvalue weighted by Gasteiger charge is -2.15. The van der Waals surface area contributed by atoms with Crippen LogP contribution < -0.4 is 15.0 Å². The van der Waals surface area contributed by atoms with Crippen molar-refractivity contribution in [1.82, 2.24) is 9.97 Å². The Hall–Kier alpha value is -3.00. The zero-order valence-corrected chi connectivity index (χ0v) is 13.5. The fourth-order valence-electron chi connectivity index (χ4n) is 1.84. The Balaban J connectivity index is 1.64. The zero-order valence-electron chi connectivity index (χ0n) is 12.6. The smallest absolute Gasteiger partial charge is 0.329 e. The molecule has 0 unspecified atom stereocenters. The van der Waals surface area contributed by atoms with Crippen LogP contribution in [0, 0.1) is 5.82 Å². The standard InChI is InChI=1S/C16H13FN4O2S/c1-21(13-7-2-3-8-18-13)16(22)20-15-19-10-14(24-15)23-12-6-4-5-11(17)9-12/h2-10H,1H3,(H,19,20,22). The summed E-state index contributed by atoms with van der Waals surface area (Å²) in [6.07, 6.45) is 3.07. The van der Waals surface area contributed by atoms with Gasteiger partial charge in [0.05, 0.1) is 6.20 Å². The number of hydrogen-bond donors (Lipinski definition) is 1. The number of carbonyl (C=O) groups is 1. The molecule has 1 aromatic carbocycles. The van der Waals surface area contributed by atoms with Gasteiger partial charge in [-0.3, -0.25) is 10.2 Å². The van der Waals surface area contributed by atoms with Gasteiger partial charge in [-0.15, -0.1) is 0 Å². The number of ether oxygens (including phenoxy) is 1. The molecule has 0 fully saturated rings. The third kappa shape index (κ3) is 3.85. The molecule has 0 atom stereocenters. The predicted octanol–water partition coefficient (Wildman–Crippen LogP) is 4.14. The molecular formula is C16H13FN4O2S. The molecule has 2 aromatic heterocycles. The maximum atomic E-state index is 13.1. The fraction of sp³-hybridized carbons (Fsp3) is 0.0625. The van der Waals surface area contributed by atoms with Gasteiger partial charge in [0.1, 0.15) is 17.4 Å². The van der Waals surface area contributed by atoms with E-state index >= 15 is 0 Å². The summed E-state index contributed by atoms with van der Waals surface area (Å²) < 4.78 is 18.6. The summed E-state index contributed by atoms with van der Waals surface area (Å²) in [7, 11) is 1.61. The first-order valence-corrected chi connectivity index (χ1v) is 7.78. The van der Waals surface area contributed by atoms with Gasteiger partial charge in [-0.2, -0.15) is 0 Å². The predicted molar refractivity (Wildman–Crippen MR) is 90.2 cm³/mol. The summed E-state index contributed by atoms with van der Waals surface area (Å²) in [4.78, 5) is 21.7. The Bertz CT molecular complexity index is 841. The van der Waals surface area contributed by atoms with Gasteiger partial charge in [-0.25, -0.2) is 19.2 Å². The Labute approximate surface area is 141 Å². The molecule has 6 nitrogen and oxygen atoms in total. The molecule has 24 heavy (non-hydrogen) atoms. The van der Waals surface area contributed by atoms with Gasteiger partial charge < -0.3 is 4.74 Å². The minimum absolute atomic E-state index is 0.363. The first-order valence-electron chi connectivity index (χ1n) is 6.97. The first kappa shape index (κ1) is 15.9. The number of anilines is 2. The number of carbonyl (C=O) groups excluding carboxylic acids is 1. The molecule has 3 rings (SSSR count).